The van der Waals surface area contributed by atoms with Crippen LogP contribution in [0.15, 0.2) is 18.2 Å². The summed E-state index contributed by atoms with van der Waals surface area (Å²) >= 11 is 0. The van der Waals surface area contributed by atoms with Crippen molar-refractivity contribution in [1.82, 2.24) is 4.90 Å². The number of anilines is 1. The first-order valence-corrected chi connectivity index (χ1v) is 15.8. The lowest BCUT2D eigenvalue weighted by molar-refractivity contribution is -0.192. The third kappa shape index (κ3) is 9.33. The molecule has 1 saturated heterocycles. The summed E-state index contributed by atoms with van der Waals surface area (Å²) in [5, 5.41) is 25.1. The van der Waals surface area contributed by atoms with Crippen molar-refractivity contribution >= 4 is 29.2 Å². The maximum atomic E-state index is 15.5. The number of halogens is 4. The number of piperidine rings is 1. The second-order valence-electron chi connectivity index (χ2n) is 12.7. The normalized spacial score (nSPS) is 14.9. The fourth-order valence-electron chi connectivity index (χ4n) is 5.83. The summed E-state index contributed by atoms with van der Waals surface area (Å²) < 4.78 is 64.3. The van der Waals surface area contributed by atoms with Gasteiger partial charge in [-0.1, -0.05) is 20.8 Å². The van der Waals surface area contributed by atoms with Crippen molar-refractivity contribution in [3.05, 3.63) is 46.3 Å². The predicted molar refractivity (Wildman–Crippen MR) is 173 cm³/mol. The van der Waals surface area contributed by atoms with Gasteiger partial charge in [0, 0.05) is 37.2 Å². The van der Waals surface area contributed by atoms with Gasteiger partial charge < -0.3 is 34.2 Å². The van der Waals surface area contributed by atoms with Gasteiger partial charge in [-0.3, -0.25) is 15.0 Å². The Kier molecular flexibility index (Phi) is 12.5. The minimum atomic E-state index is -5.08. The number of carboxylic acid groups (broad SMARTS) is 2. The number of ether oxygens (including phenoxy) is 3. The van der Waals surface area contributed by atoms with Crippen molar-refractivity contribution in [3.63, 3.8) is 0 Å². The van der Waals surface area contributed by atoms with Gasteiger partial charge in [-0.2, -0.15) is 13.2 Å². The number of fused-ring (bicyclic) bond motifs is 1. The second kappa shape index (κ2) is 15.8. The summed E-state index contributed by atoms with van der Waals surface area (Å²) in [7, 11) is 1.62. The zero-order valence-electron chi connectivity index (χ0n) is 28.4. The number of carbonyl (C=O) groups excluding carboxylic acids is 1. The highest BCUT2D eigenvalue weighted by Gasteiger charge is 2.38. The van der Waals surface area contributed by atoms with Crippen molar-refractivity contribution in [1.29, 1.82) is 5.41 Å². The van der Waals surface area contributed by atoms with Crippen LogP contribution >= 0.6 is 0 Å². The molecule has 2 aromatic carbocycles. The van der Waals surface area contributed by atoms with E-state index >= 15 is 4.39 Å². The first-order valence-electron chi connectivity index (χ1n) is 15.8. The van der Waals surface area contributed by atoms with Crippen LogP contribution in [-0.4, -0.2) is 84.8 Å². The monoisotopic (exact) mass is 697 g/mol. The third-order valence-corrected chi connectivity index (χ3v) is 8.17. The number of hydrogen-bond donors (Lipinski definition) is 3. The smallest absolute Gasteiger partial charge is 0.490 e. The Morgan fingerprint density at radius 2 is 1.57 bits per heavy atom. The number of nitrogens with zero attached hydrogens (tertiary/aromatic N) is 2. The number of alkyl halides is 3. The molecule has 2 heterocycles. The van der Waals surface area contributed by atoms with Gasteiger partial charge in [-0.15, -0.1) is 0 Å². The number of amidine groups is 1. The molecule has 0 amide bonds. The fourth-order valence-corrected chi connectivity index (χ4v) is 5.83. The van der Waals surface area contributed by atoms with Gasteiger partial charge in [0.15, 0.2) is 23.1 Å². The number of carboxylic acids is 2. The lowest BCUT2D eigenvalue weighted by atomic mass is 9.83. The SMILES string of the molecule is CCOc1cc2c(c(F)c1OCC)C(=N)N(CC(=O)c1cc(N3CCC(CC(=O)O)CC3)c(OC)c(C(C)(C)C)c1)C2.O=C(O)C(F)(F)F. The predicted octanol–water partition coefficient (Wildman–Crippen LogP) is 6.28. The van der Waals surface area contributed by atoms with E-state index in [1.54, 1.807) is 31.9 Å². The van der Waals surface area contributed by atoms with Gasteiger partial charge in [0.1, 0.15) is 11.6 Å². The van der Waals surface area contributed by atoms with Gasteiger partial charge in [-0.25, -0.2) is 9.18 Å². The molecule has 1 fully saturated rings. The maximum absolute atomic E-state index is 15.5. The molecule has 0 aromatic heterocycles. The van der Waals surface area contributed by atoms with Crippen LogP contribution in [0.5, 0.6) is 17.2 Å². The van der Waals surface area contributed by atoms with Crippen molar-refractivity contribution in [2.75, 3.05) is 44.9 Å². The first-order chi connectivity index (χ1) is 22.8. The van der Waals surface area contributed by atoms with Crippen LogP contribution < -0.4 is 19.1 Å². The minimum Gasteiger partial charge on any atom is -0.494 e. The molecule has 0 atom stereocenters. The molecule has 2 aliphatic heterocycles. The highest BCUT2D eigenvalue weighted by atomic mass is 19.4. The van der Waals surface area contributed by atoms with Crippen molar-refractivity contribution in [2.24, 2.45) is 5.92 Å². The molecule has 270 valence electrons. The average Bonchev–Trinajstić information content (AvgIpc) is 3.32. The molecule has 0 unspecified atom stereocenters. The Bertz CT molecular complexity index is 1560. The highest BCUT2D eigenvalue weighted by Crippen LogP contribution is 2.42. The molecule has 0 saturated carbocycles. The van der Waals surface area contributed by atoms with E-state index in [0.717, 1.165) is 24.1 Å². The van der Waals surface area contributed by atoms with Crippen LogP contribution in [0.3, 0.4) is 0 Å². The molecule has 2 aliphatic rings. The van der Waals surface area contributed by atoms with E-state index < -0.39 is 23.9 Å². The minimum absolute atomic E-state index is 0.0160. The van der Waals surface area contributed by atoms with E-state index in [-0.39, 0.29) is 60.4 Å². The molecule has 2 aromatic rings. The molecular formula is C34H43F4N3O8. The van der Waals surface area contributed by atoms with E-state index in [2.05, 4.69) is 25.7 Å². The van der Waals surface area contributed by atoms with Crippen molar-refractivity contribution in [3.8, 4) is 17.2 Å². The van der Waals surface area contributed by atoms with Crippen LogP contribution in [0.25, 0.3) is 0 Å². The number of rotatable bonds is 11. The quantitative estimate of drug-likeness (QED) is 0.181. The summed E-state index contributed by atoms with van der Waals surface area (Å²) in [5.41, 5.74) is 2.54. The molecule has 0 spiro atoms. The molecule has 0 radical (unpaired) electrons. The van der Waals surface area contributed by atoms with Gasteiger partial charge in [-0.05, 0) is 61.8 Å². The molecule has 0 bridgehead atoms. The Hall–Kier alpha value is -4.56. The maximum Gasteiger partial charge on any atom is 0.490 e. The molecule has 4 rings (SSSR count). The van der Waals surface area contributed by atoms with Crippen molar-refractivity contribution < 1.29 is 56.4 Å². The summed E-state index contributed by atoms with van der Waals surface area (Å²) in [6.07, 6.45) is -3.46. The summed E-state index contributed by atoms with van der Waals surface area (Å²) in [5.74, 6) is -3.36. The topological polar surface area (TPSA) is 150 Å². The number of aliphatic carboxylic acids is 2. The lowest BCUT2D eigenvalue weighted by Gasteiger charge is -2.36. The highest BCUT2D eigenvalue weighted by molar-refractivity contribution is 6.06. The van der Waals surface area contributed by atoms with E-state index in [1.807, 2.05) is 12.1 Å². The lowest BCUT2D eigenvalue weighted by Crippen LogP contribution is -2.35. The third-order valence-electron chi connectivity index (χ3n) is 8.17. The molecule has 49 heavy (non-hydrogen) atoms. The molecule has 15 heteroatoms. The number of ketones is 1. The number of hydrogen-bond acceptors (Lipinski definition) is 8. The Labute approximate surface area is 282 Å². The van der Waals surface area contributed by atoms with E-state index in [9.17, 15) is 27.9 Å². The molecule has 3 N–H and O–H groups in total. The van der Waals surface area contributed by atoms with Gasteiger partial charge >= 0.3 is 18.1 Å². The molecular weight excluding hydrogens is 654 g/mol. The van der Waals surface area contributed by atoms with Gasteiger partial charge in [0.2, 0.25) is 0 Å². The van der Waals surface area contributed by atoms with Crippen LogP contribution in [0.2, 0.25) is 0 Å². The number of carbonyl (C=O) groups is 3. The zero-order chi connectivity index (χ0) is 36.8. The van der Waals surface area contributed by atoms with Crippen LogP contribution in [0.1, 0.15) is 80.9 Å². The largest absolute Gasteiger partial charge is 0.494 e. The Morgan fingerprint density at radius 3 is 2.06 bits per heavy atom. The standard InChI is InChI=1S/C32H42FN3O6.C2HF3O2/c1-7-41-25-16-21-17-36(31(34)27(21)28(33)30(25)42-8-2)18-24(37)20-14-22(32(3,4)5)29(40-6)23(15-20)35-11-9-19(10-12-35)13-26(38)39;3-2(4,5)1(6)7/h14-16,19,34H,7-13,17-18H2,1-6H3,(H,38,39);(H,6,7). The Balaban J connectivity index is 0.000000838. The second-order valence-corrected chi connectivity index (χ2v) is 12.7. The number of Topliss-reactive ketones (excluding diaryl/α,β-unsaturated/α-hetero) is 1. The zero-order valence-corrected chi connectivity index (χ0v) is 28.4. The summed E-state index contributed by atoms with van der Waals surface area (Å²) in [6.45, 7) is 11.7. The van der Waals surface area contributed by atoms with Crippen molar-refractivity contribution in [2.45, 2.75) is 72.0 Å². The van der Waals surface area contributed by atoms with E-state index in [1.165, 1.54) is 0 Å². The number of nitrogens with one attached hydrogen (secondary N) is 1. The fraction of sp³-hybridized carbons (Fsp3) is 0.529. The van der Waals surface area contributed by atoms with Gasteiger partial charge in [0.25, 0.3) is 0 Å². The Morgan fingerprint density at radius 1 is 0.980 bits per heavy atom. The summed E-state index contributed by atoms with van der Waals surface area (Å²) in [6, 6.07) is 5.39. The van der Waals surface area contributed by atoms with Gasteiger partial charge in [0.05, 0.1) is 38.1 Å². The van der Waals surface area contributed by atoms with Crippen LogP contribution in [0.4, 0.5) is 23.2 Å². The number of methoxy groups -OCH3 is 1. The molecule has 0 aliphatic carbocycles. The van der Waals surface area contributed by atoms with Crippen LogP contribution in [0, 0.1) is 17.1 Å². The van der Waals surface area contributed by atoms with Crippen LogP contribution in [-0.2, 0) is 21.5 Å². The number of benzene rings is 2. The van der Waals surface area contributed by atoms with E-state index in [0.29, 0.717) is 42.3 Å². The summed E-state index contributed by atoms with van der Waals surface area (Å²) in [4.78, 5) is 37.6. The van der Waals surface area contributed by atoms with E-state index in [4.69, 9.17) is 29.5 Å². The first kappa shape index (κ1) is 38.9. The molecule has 11 nitrogen and oxygen atoms in total. The average molecular weight is 698 g/mol.